The van der Waals surface area contributed by atoms with E-state index in [0.29, 0.717) is 12.6 Å². The molecule has 0 bridgehead atoms. The van der Waals surface area contributed by atoms with Crippen LogP contribution in [-0.4, -0.2) is 41.1 Å². The zero-order chi connectivity index (χ0) is 17.1. The Hall–Kier alpha value is -2.18. The fourth-order valence-corrected chi connectivity index (χ4v) is 3.88. The van der Waals surface area contributed by atoms with Crippen molar-refractivity contribution in [2.24, 2.45) is 5.92 Å². The third-order valence-electron chi connectivity index (χ3n) is 5.14. The number of ether oxygens (including phenoxy) is 1. The maximum atomic E-state index is 12.7. The number of fused-ring (bicyclic) bond motifs is 1. The number of rotatable bonds is 5. The molecule has 0 spiro atoms. The minimum Gasteiger partial charge on any atom is -0.472 e. The molecule has 1 amide bonds. The Bertz CT molecular complexity index is 689. The van der Waals surface area contributed by atoms with Gasteiger partial charge in [0.15, 0.2) is 0 Å². The van der Waals surface area contributed by atoms with Crippen molar-refractivity contribution in [3.05, 3.63) is 54.2 Å². The first kappa shape index (κ1) is 16.3. The molecule has 2 aromatic heterocycles. The van der Waals surface area contributed by atoms with E-state index >= 15 is 0 Å². The first-order valence-electron chi connectivity index (χ1n) is 8.83. The summed E-state index contributed by atoms with van der Waals surface area (Å²) in [4.78, 5) is 19.1. The van der Waals surface area contributed by atoms with Gasteiger partial charge in [-0.15, -0.1) is 0 Å². The minimum atomic E-state index is -0.0528. The Labute approximate surface area is 147 Å². The van der Waals surface area contributed by atoms with Gasteiger partial charge in [-0.3, -0.25) is 14.7 Å². The average molecular weight is 341 g/mol. The Morgan fingerprint density at radius 3 is 3.12 bits per heavy atom. The number of nitrogens with one attached hydrogen (secondary N) is 1. The van der Waals surface area contributed by atoms with Crippen LogP contribution in [0.2, 0.25) is 0 Å². The number of aromatic nitrogens is 1. The molecule has 2 saturated heterocycles. The van der Waals surface area contributed by atoms with E-state index in [2.05, 4.69) is 15.2 Å². The summed E-state index contributed by atoms with van der Waals surface area (Å²) in [6.45, 7) is 2.85. The maximum Gasteiger partial charge on any atom is 0.224 e. The molecule has 2 aromatic rings. The predicted octanol–water partition coefficient (Wildman–Crippen LogP) is 1.97. The van der Waals surface area contributed by atoms with Crippen molar-refractivity contribution in [2.75, 3.05) is 13.2 Å². The maximum absolute atomic E-state index is 12.7. The fraction of sp³-hybridized carbons (Fsp3) is 0.474. The number of carbonyl (C=O) groups excluding carboxylic acids is 1. The number of pyridine rings is 1. The second-order valence-corrected chi connectivity index (χ2v) is 6.84. The summed E-state index contributed by atoms with van der Waals surface area (Å²) in [5.41, 5.74) is 2.15. The van der Waals surface area contributed by atoms with Crippen LogP contribution in [0.3, 0.4) is 0 Å². The number of likely N-dealkylation sites (tertiary alicyclic amines) is 1. The quantitative estimate of drug-likeness (QED) is 0.901. The lowest BCUT2D eigenvalue weighted by Crippen LogP contribution is -2.52. The van der Waals surface area contributed by atoms with E-state index < -0.39 is 0 Å². The molecule has 4 rings (SSSR count). The fourth-order valence-electron chi connectivity index (χ4n) is 3.88. The lowest BCUT2D eigenvalue weighted by Gasteiger charge is -2.40. The number of nitrogens with zero attached hydrogens (tertiary/aromatic N) is 2. The van der Waals surface area contributed by atoms with Gasteiger partial charge in [-0.1, -0.05) is 6.07 Å². The highest BCUT2D eigenvalue weighted by Gasteiger charge is 2.42. The van der Waals surface area contributed by atoms with Gasteiger partial charge in [-0.25, -0.2) is 0 Å². The first-order chi connectivity index (χ1) is 12.3. The minimum absolute atomic E-state index is 0.0528. The third kappa shape index (κ3) is 3.75. The SMILES string of the molecule is O=C(NCc1cccnc1)[C@@H]1C[C@H]2OCC[C@H]2N(Cc2ccoc2)C1. The van der Waals surface area contributed by atoms with Crippen LogP contribution in [0.4, 0.5) is 0 Å². The summed E-state index contributed by atoms with van der Waals surface area (Å²) in [5.74, 6) is 0.0397. The highest BCUT2D eigenvalue weighted by molar-refractivity contribution is 5.79. The molecule has 2 aliphatic rings. The summed E-state index contributed by atoms with van der Waals surface area (Å²) < 4.78 is 11.1. The normalized spacial score (nSPS) is 26.3. The molecule has 6 heteroatoms. The van der Waals surface area contributed by atoms with E-state index in [-0.39, 0.29) is 17.9 Å². The van der Waals surface area contributed by atoms with Gasteiger partial charge >= 0.3 is 0 Å². The van der Waals surface area contributed by atoms with E-state index in [1.54, 1.807) is 24.9 Å². The van der Waals surface area contributed by atoms with Crippen LogP contribution in [0.25, 0.3) is 0 Å². The van der Waals surface area contributed by atoms with Crippen LogP contribution in [0.1, 0.15) is 24.0 Å². The van der Waals surface area contributed by atoms with Crippen molar-refractivity contribution in [1.82, 2.24) is 15.2 Å². The molecule has 1 N–H and O–H groups in total. The smallest absolute Gasteiger partial charge is 0.224 e. The molecule has 0 aromatic carbocycles. The highest BCUT2D eigenvalue weighted by Crippen LogP contribution is 2.32. The molecule has 2 fully saturated rings. The van der Waals surface area contributed by atoms with Crippen molar-refractivity contribution >= 4 is 5.91 Å². The van der Waals surface area contributed by atoms with Crippen molar-refractivity contribution < 1.29 is 13.9 Å². The number of piperidine rings is 1. The van der Waals surface area contributed by atoms with Crippen molar-refractivity contribution in [3.8, 4) is 0 Å². The van der Waals surface area contributed by atoms with Gasteiger partial charge in [0.1, 0.15) is 0 Å². The largest absolute Gasteiger partial charge is 0.472 e. The number of amides is 1. The van der Waals surface area contributed by atoms with Crippen LogP contribution < -0.4 is 5.32 Å². The zero-order valence-corrected chi connectivity index (χ0v) is 14.1. The standard InChI is InChI=1S/C19H23N3O3/c23-19(21-10-14-2-1-5-20-9-14)16-8-18-17(4-7-25-18)22(12-16)11-15-3-6-24-13-15/h1-3,5-6,9,13,16-18H,4,7-8,10-12H2,(H,21,23)/t16-,17-,18-/m1/s1. The summed E-state index contributed by atoms with van der Waals surface area (Å²) in [7, 11) is 0. The number of hydrogen-bond acceptors (Lipinski definition) is 5. The number of hydrogen-bond donors (Lipinski definition) is 1. The van der Waals surface area contributed by atoms with Gasteiger partial charge in [0.25, 0.3) is 0 Å². The van der Waals surface area contributed by atoms with Crippen molar-refractivity contribution in [2.45, 2.75) is 38.1 Å². The second kappa shape index (κ2) is 7.37. The van der Waals surface area contributed by atoms with Gasteiger partial charge in [0.2, 0.25) is 5.91 Å². The molecular formula is C19H23N3O3. The number of carbonyl (C=O) groups is 1. The molecule has 0 radical (unpaired) electrons. The van der Waals surface area contributed by atoms with Crippen molar-refractivity contribution in [1.29, 1.82) is 0 Å². The summed E-state index contributed by atoms with van der Waals surface area (Å²) in [6.07, 6.45) is 8.96. The molecule has 25 heavy (non-hydrogen) atoms. The highest BCUT2D eigenvalue weighted by atomic mass is 16.5. The van der Waals surface area contributed by atoms with E-state index in [4.69, 9.17) is 9.15 Å². The monoisotopic (exact) mass is 341 g/mol. The second-order valence-electron chi connectivity index (χ2n) is 6.84. The molecule has 2 aliphatic heterocycles. The van der Waals surface area contributed by atoms with Crippen LogP contribution >= 0.6 is 0 Å². The summed E-state index contributed by atoms with van der Waals surface area (Å²) >= 11 is 0. The van der Waals surface area contributed by atoms with Crippen LogP contribution in [0.15, 0.2) is 47.5 Å². The lowest BCUT2D eigenvalue weighted by atomic mass is 9.89. The van der Waals surface area contributed by atoms with Crippen LogP contribution in [0, 0.1) is 5.92 Å². The summed E-state index contributed by atoms with van der Waals surface area (Å²) in [5, 5.41) is 3.05. The van der Waals surface area contributed by atoms with Gasteiger partial charge in [0, 0.05) is 50.2 Å². The Kier molecular flexibility index (Phi) is 4.81. The molecule has 0 aliphatic carbocycles. The Morgan fingerprint density at radius 1 is 1.36 bits per heavy atom. The molecule has 0 saturated carbocycles. The molecule has 4 heterocycles. The molecule has 6 nitrogen and oxygen atoms in total. The predicted molar refractivity (Wildman–Crippen MR) is 91.5 cm³/mol. The molecule has 132 valence electrons. The molecule has 3 atom stereocenters. The van der Waals surface area contributed by atoms with Gasteiger partial charge < -0.3 is 14.5 Å². The summed E-state index contributed by atoms with van der Waals surface area (Å²) in [6, 6.07) is 6.23. The van der Waals surface area contributed by atoms with Crippen LogP contribution in [-0.2, 0) is 22.6 Å². The topological polar surface area (TPSA) is 67.6 Å². The Morgan fingerprint density at radius 2 is 2.32 bits per heavy atom. The lowest BCUT2D eigenvalue weighted by molar-refractivity contribution is -0.130. The van der Waals surface area contributed by atoms with Crippen molar-refractivity contribution in [3.63, 3.8) is 0 Å². The number of furan rings is 1. The first-order valence-corrected chi connectivity index (χ1v) is 8.83. The average Bonchev–Trinajstić information content (AvgIpc) is 3.32. The van der Waals surface area contributed by atoms with Crippen LogP contribution in [0.5, 0.6) is 0 Å². The van der Waals surface area contributed by atoms with E-state index in [9.17, 15) is 4.79 Å². The van der Waals surface area contributed by atoms with E-state index in [0.717, 1.165) is 43.7 Å². The van der Waals surface area contributed by atoms with Gasteiger partial charge in [-0.05, 0) is 30.5 Å². The molecule has 0 unspecified atom stereocenters. The molecular weight excluding hydrogens is 318 g/mol. The zero-order valence-electron chi connectivity index (χ0n) is 14.1. The Balaban J connectivity index is 1.40. The van der Waals surface area contributed by atoms with E-state index in [1.807, 2.05) is 18.2 Å². The third-order valence-corrected chi connectivity index (χ3v) is 5.14. The van der Waals surface area contributed by atoms with E-state index in [1.165, 1.54) is 0 Å². The van der Waals surface area contributed by atoms with Gasteiger partial charge in [0.05, 0.1) is 24.5 Å². The van der Waals surface area contributed by atoms with Gasteiger partial charge in [-0.2, -0.15) is 0 Å².